The molecule has 18 heavy (non-hydrogen) atoms. The first-order chi connectivity index (χ1) is 8.56. The Morgan fingerprint density at radius 1 is 1.11 bits per heavy atom. The fourth-order valence-electron chi connectivity index (χ4n) is 1.91. The monoisotopic (exact) mass is 324 g/mol. The second kappa shape index (κ2) is 5.77. The molecule has 0 aromatic heterocycles. The van der Waals surface area contributed by atoms with Gasteiger partial charge < -0.3 is 4.74 Å². The molecule has 2 aromatic rings. The standard InChI is InChI=1S/C15H14BrClO/c1-10-6-14(17)7-11(2)15(10)18-9-12-4-3-5-13(16)8-12/h3-8H,9H2,1-2H3. The summed E-state index contributed by atoms with van der Waals surface area (Å²) in [6.45, 7) is 4.58. The molecule has 2 rings (SSSR count). The summed E-state index contributed by atoms with van der Waals surface area (Å²) in [5.41, 5.74) is 3.27. The van der Waals surface area contributed by atoms with Crippen LogP contribution in [0.2, 0.25) is 5.02 Å². The van der Waals surface area contributed by atoms with Gasteiger partial charge in [0.05, 0.1) is 0 Å². The first-order valence-corrected chi connectivity index (χ1v) is 6.87. The largest absolute Gasteiger partial charge is 0.488 e. The molecule has 0 heterocycles. The zero-order valence-corrected chi connectivity index (χ0v) is 12.7. The van der Waals surface area contributed by atoms with Crippen LogP contribution in [0.5, 0.6) is 5.75 Å². The van der Waals surface area contributed by atoms with Crippen molar-refractivity contribution in [3.8, 4) is 5.75 Å². The Bertz CT molecular complexity index is 543. The van der Waals surface area contributed by atoms with E-state index < -0.39 is 0 Å². The fraction of sp³-hybridized carbons (Fsp3) is 0.200. The maximum absolute atomic E-state index is 6.00. The number of hydrogen-bond donors (Lipinski definition) is 0. The minimum Gasteiger partial charge on any atom is -0.488 e. The summed E-state index contributed by atoms with van der Waals surface area (Å²) < 4.78 is 6.95. The molecule has 0 unspecified atom stereocenters. The van der Waals surface area contributed by atoms with Crippen LogP contribution in [0.4, 0.5) is 0 Å². The summed E-state index contributed by atoms with van der Waals surface area (Å²) in [7, 11) is 0. The Morgan fingerprint density at radius 2 is 1.78 bits per heavy atom. The maximum Gasteiger partial charge on any atom is 0.125 e. The molecule has 0 aliphatic heterocycles. The van der Waals surface area contributed by atoms with Crippen LogP contribution in [0, 0.1) is 13.8 Å². The van der Waals surface area contributed by atoms with Crippen LogP contribution >= 0.6 is 27.5 Å². The third kappa shape index (κ3) is 3.27. The van der Waals surface area contributed by atoms with E-state index in [2.05, 4.69) is 22.0 Å². The average molecular weight is 326 g/mol. The van der Waals surface area contributed by atoms with E-state index in [1.165, 1.54) is 0 Å². The fourth-order valence-corrected chi connectivity index (χ4v) is 2.68. The van der Waals surface area contributed by atoms with E-state index in [4.69, 9.17) is 16.3 Å². The lowest BCUT2D eigenvalue weighted by Crippen LogP contribution is -1.99. The minimum absolute atomic E-state index is 0.558. The van der Waals surface area contributed by atoms with Gasteiger partial charge >= 0.3 is 0 Å². The Morgan fingerprint density at radius 3 is 2.39 bits per heavy atom. The van der Waals surface area contributed by atoms with Gasteiger partial charge in [0.25, 0.3) is 0 Å². The van der Waals surface area contributed by atoms with Crippen molar-refractivity contribution in [2.24, 2.45) is 0 Å². The molecule has 94 valence electrons. The first-order valence-electron chi connectivity index (χ1n) is 5.70. The van der Waals surface area contributed by atoms with Crippen molar-refractivity contribution in [3.05, 3.63) is 62.6 Å². The third-order valence-corrected chi connectivity index (χ3v) is 3.41. The smallest absolute Gasteiger partial charge is 0.125 e. The Kier molecular flexibility index (Phi) is 4.31. The van der Waals surface area contributed by atoms with E-state index in [0.29, 0.717) is 6.61 Å². The molecule has 0 amide bonds. The Balaban J connectivity index is 2.16. The van der Waals surface area contributed by atoms with E-state index in [-0.39, 0.29) is 0 Å². The summed E-state index contributed by atoms with van der Waals surface area (Å²) in [5.74, 6) is 0.916. The summed E-state index contributed by atoms with van der Waals surface area (Å²) in [6, 6.07) is 12.0. The Hall–Kier alpha value is -0.990. The van der Waals surface area contributed by atoms with Crippen LogP contribution in [0.3, 0.4) is 0 Å². The van der Waals surface area contributed by atoms with E-state index >= 15 is 0 Å². The van der Waals surface area contributed by atoms with Gasteiger partial charge in [0.2, 0.25) is 0 Å². The van der Waals surface area contributed by atoms with E-state index in [1.807, 2.05) is 44.2 Å². The van der Waals surface area contributed by atoms with Crippen LogP contribution in [0.1, 0.15) is 16.7 Å². The lowest BCUT2D eigenvalue weighted by molar-refractivity contribution is 0.302. The maximum atomic E-state index is 6.00. The molecule has 3 heteroatoms. The highest BCUT2D eigenvalue weighted by molar-refractivity contribution is 9.10. The lowest BCUT2D eigenvalue weighted by Gasteiger charge is -2.12. The van der Waals surface area contributed by atoms with Crippen molar-refractivity contribution in [2.45, 2.75) is 20.5 Å². The van der Waals surface area contributed by atoms with Crippen LogP contribution in [-0.2, 0) is 6.61 Å². The van der Waals surface area contributed by atoms with Gasteiger partial charge in [0, 0.05) is 9.50 Å². The normalized spacial score (nSPS) is 10.4. The van der Waals surface area contributed by atoms with Gasteiger partial charge in [0.15, 0.2) is 0 Å². The zero-order chi connectivity index (χ0) is 13.1. The lowest BCUT2D eigenvalue weighted by atomic mass is 10.1. The molecule has 0 spiro atoms. The van der Waals surface area contributed by atoms with Gasteiger partial charge in [-0.15, -0.1) is 0 Å². The number of halogens is 2. The Labute approximate surface area is 121 Å². The molecule has 0 bridgehead atoms. The van der Waals surface area contributed by atoms with E-state index in [9.17, 15) is 0 Å². The van der Waals surface area contributed by atoms with E-state index in [0.717, 1.165) is 31.9 Å². The number of aryl methyl sites for hydroxylation is 2. The number of rotatable bonds is 3. The van der Waals surface area contributed by atoms with Gasteiger partial charge in [-0.1, -0.05) is 39.7 Å². The highest BCUT2D eigenvalue weighted by Crippen LogP contribution is 2.28. The van der Waals surface area contributed by atoms with Crippen molar-refractivity contribution in [1.82, 2.24) is 0 Å². The number of ether oxygens (including phenoxy) is 1. The van der Waals surface area contributed by atoms with Gasteiger partial charge in [-0.05, 0) is 54.8 Å². The number of hydrogen-bond acceptors (Lipinski definition) is 1. The summed E-state index contributed by atoms with van der Waals surface area (Å²) >= 11 is 9.45. The molecule has 0 saturated heterocycles. The van der Waals surface area contributed by atoms with Gasteiger partial charge in [-0.2, -0.15) is 0 Å². The van der Waals surface area contributed by atoms with Crippen LogP contribution in [0.25, 0.3) is 0 Å². The topological polar surface area (TPSA) is 9.23 Å². The van der Waals surface area contributed by atoms with Crippen LogP contribution in [-0.4, -0.2) is 0 Å². The van der Waals surface area contributed by atoms with Crippen molar-refractivity contribution in [3.63, 3.8) is 0 Å². The third-order valence-electron chi connectivity index (χ3n) is 2.70. The minimum atomic E-state index is 0.558. The van der Waals surface area contributed by atoms with Crippen molar-refractivity contribution < 1.29 is 4.74 Å². The van der Waals surface area contributed by atoms with Crippen LogP contribution < -0.4 is 4.74 Å². The molecule has 0 aliphatic rings. The predicted molar refractivity (Wildman–Crippen MR) is 79.4 cm³/mol. The average Bonchev–Trinajstić information content (AvgIpc) is 2.27. The molecule has 0 atom stereocenters. The molecule has 0 N–H and O–H groups in total. The second-order valence-electron chi connectivity index (χ2n) is 4.29. The molecule has 0 saturated carbocycles. The summed E-state index contributed by atoms with van der Waals surface area (Å²) in [4.78, 5) is 0. The first kappa shape index (κ1) is 13.4. The molecule has 0 radical (unpaired) electrons. The summed E-state index contributed by atoms with van der Waals surface area (Å²) in [6.07, 6.45) is 0. The molecular formula is C15H14BrClO. The quantitative estimate of drug-likeness (QED) is 0.744. The second-order valence-corrected chi connectivity index (χ2v) is 5.64. The van der Waals surface area contributed by atoms with Crippen molar-refractivity contribution >= 4 is 27.5 Å². The van der Waals surface area contributed by atoms with Gasteiger partial charge in [0.1, 0.15) is 12.4 Å². The molecular weight excluding hydrogens is 312 g/mol. The molecule has 0 fully saturated rings. The van der Waals surface area contributed by atoms with Gasteiger partial charge in [-0.25, -0.2) is 0 Å². The van der Waals surface area contributed by atoms with Gasteiger partial charge in [-0.3, -0.25) is 0 Å². The van der Waals surface area contributed by atoms with E-state index in [1.54, 1.807) is 0 Å². The highest BCUT2D eigenvalue weighted by Gasteiger charge is 2.06. The summed E-state index contributed by atoms with van der Waals surface area (Å²) in [5, 5.41) is 0.750. The molecule has 0 aliphatic carbocycles. The molecule has 2 aromatic carbocycles. The number of benzene rings is 2. The zero-order valence-electron chi connectivity index (χ0n) is 10.3. The molecule has 1 nitrogen and oxygen atoms in total. The van der Waals surface area contributed by atoms with Crippen molar-refractivity contribution in [1.29, 1.82) is 0 Å². The SMILES string of the molecule is Cc1cc(Cl)cc(C)c1OCc1cccc(Br)c1. The van der Waals surface area contributed by atoms with Crippen molar-refractivity contribution in [2.75, 3.05) is 0 Å². The van der Waals surface area contributed by atoms with Crippen LogP contribution in [0.15, 0.2) is 40.9 Å². The predicted octanol–water partition coefficient (Wildman–Crippen LogP) is 5.30. The highest BCUT2D eigenvalue weighted by atomic mass is 79.9.